The molecule has 21 heavy (non-hydrogen) atoms. The highest BCUT2D eigenvalue weighted by atomic mass is 16.1. The van der Waals surface area contributed by atoms with E-state index in [9.17, 15) is 4.79 Å². The van der Waals surface area contributed by atoms with Crippen molar-refractivity contribution in [3.05, 3.63) is 71.3 Å². The summed E-state index contributed by atoms with van der Waals surface area (Å²) in [6, 6.07) is 18.4. The minimum atomic E-state index is 0.0798. The molecule has 1 amide bonds. The predicted octanol–water partition coefficient (Wildman–Crippen LogP) is 2.79. The summed E-state index contributed by atoms with van der Waals surface area (Å²) in [6.07, 6.45) is 0.499. The van der Waals surface area contributed by atoms with Gasteiger partial charge in [0, 0.05) is 26.1 Å². The maximum absolute atomic E-state index is 11.7. The summed E-state index contributed by atoms with van der Waals surface area (Å²) in [4.78, 5) is 11.7. The van der Waals surface area contributed by atoms with Crippen LogP contribution in [0.3, 0.4) is 0 Å². The average Bonchev–Trinajstić information content (AvgIpc) is 2.52. The van der Waals surface area contributed by atoms with Crippen molar-refractivity contribution in [3.63, 3.8) is 0 Å². The van der Waals surface area contributed by atoms with Gasteiger partial charge >= 0.3 is 0 Å². The van der Waals surface area contributed by atoms with Crippen molar-refractivity contribution in [3.8, 4) is 0 Å². The van der Waals surface area contributed by atoms with Crippen LogP contribution in [-0.2, 0) is 17.9 Å². The van der Waals surface area contributed by atoms with Gasteiger partial charge in [-0.2, -0.15) is 0 Å². The summed E-state index contributed by atoms with van der Waals surface area (Å²) < 4.78 is 0. The Bertz CT molecular complexity index is 549. The first-order chi connectivity index (χ1) is 10.2. The lowest BCUT2D eigenvalue weighted by molar-refractivity contribution is -0.121. The Morgan fingerprint density at radius 2 is 1.57 bits per heavy atom. The zero-order valence-corrected chi connectivity index (χ0v) is 12.4. The summed E-state index contributed by atoms with van der Waals surface area (Å²) in [5.74, 6) is 0.0798. The van der Waals surface area contributed by atoms with Crippen molar-refractivity contribution in [1.29, 1.82) is 0 Å². The van der Waals surface area contributed by atoms with Gasteiger partial charge in [-0.15, -0.1) is 0 Å². The van der Waals surface area contributed by atoms with Crippen LogP contribution in [0.1, 0.15) is 23.1 Å². The largest absolute Gasteiger partial charge is 0.352 e. The minimum Gasteiger partial charge on any atom is -0.352 e. The third kappa shape index (κ3) is 5.79. The molecule has 0 heterocycles. The molecule has 0 atom stereocenters. The molecule has 0 saturated heterocycles. The van der Waals surface area contributed by atoms with Gasteiger partial charge in [0.15, 0.2) is 0 Å². The van der Waals surface area contributed by atoms with Crippen molar-refractivity contribution >= 4 is 5.91 Å². The molecule has 2 rings (SSSR count). The van der Waals surface area contributed by atoms with E-state index in [4.69, 9.17) is 0 Å². The Morgan fingerprint density at radius 1 is 0.905 bits per heavy atom. The van der Waals surface area contributed by atoms with Crippen LogP contribution in [0.2, 0.25) is 0 Å². The van der Waals surface area contributed by atoms with Gasteiger partial charge in [0.05, 0.1) is 0 Å². The molecule has 0 aliphatic heterocycles. The van der Waals surface area contributed by atoms with Gasteiger partial charge in [-0.25, -0.2) is 0 Å². The molecule has 0 fully saturated rings. The first kappa shape index (κ1) is 15.3. The first-order valence-electron chi connectivity index (χ1n) is 7.31. The molecular formula is C18H22N2O. The van der Waals surface area contributed by atoms with Crippen molar-refractivity contribution in [2.45, 2.75) is 26.4 Å². The van der Waals surface area contributed by atoms with Crippen LogP contribution in [0, 0.1) is 6.92 Å². The lowest BCUT2D eigenvalue weighted by Gasteiger charge is -2.07. The predicted molar refractivity (Wildman–Crippen MR) is 85.8 cm³/mol. The second kappa shape index (κ2) is 8.22. The van der Waals surface area contributed by atoms with E-state index in [1.54, 1.807) is 0 Å². The molecule has 0 radical (unpaired) electrons. The lowest BCUT2D eigenvalue weighted by atomic mass is 10.1. The van der Waals surface area contributed by atoms with E-state index in [2.05, 4.69) is 41.8 Å². The van der Waals surface area contributed by atoms with Gasteiger partial charge in [-0.1, -0.05) is 60.2 Å². The number of nitrogens with one attached hydrogen (secondary N) is 2. The van der Waals surface area contributed by atoms with Crippen molar-refractivity contribution in [2.75, 3.05) is 6.54 Å². The minimum absolute atomic E-state index is 0.0798. The molecule has 3 nitrogen and oxygen atoms in total. The molecule has 3 heteroatoms. The molecule has 2 aromatic rings. The van der Waals surface area contributed by atoms with E-state index in [0.29, 0.717) is 19.5 Å². The van der Waals surface area contributed by atoms with Gasteiger partial charge in [0.2, 0.25) is 5.91 Å². The number of hydrogen-bond acceptors (Lipinski definition) is 2. The smallest absolute Gasteiger partial charge is 0.221 e. The van der Waals surface area contributed by atoms with Gasteiger partial charge in [0.1, 0.15) is 0 Å². The Labute approximate surface area is 126 Å². The molecule has 2 aromatic carbocycles. The number of rotatable bonds is 7. The van der Waals surface area contributed by atoms with Crippen LogP contribution in [0.4, 0.5) is 0 Å². The fraction of sp³-hybridized carbons (Fsp3) is 0.278. The van der Waals surface area contributed by atoms with E-state index in [0.717, 1.165) is 12.1 Å². The summed E-state index contributed by atoms with van der Waals surface area (Å²) in [5.41, 5.74) is 3.60. The highest BCUT2D eigenvalue weighted by Crippen LogP contribution is 2.02. The number of hydrogen-bond donors (Lipinski definition) is 2. The maximum Gasteiger partial charge on any atom is 0.221 e. The van der Waals surface area contributed by atoms with Crippen LogP contribution in [-0.4, -0.2) is 12.5 Å². The Hall–Kier alpha value is -2.13. The normalized spacial score (nSPS) is 10.3. The van der Waals surface area contributed by atoms with Gasteiger partial charge in [-0.05, 0) is 18.1 Å². The topological polar surface area (TPSA) is 41.1 Å². The molecule has 2 N–H and O–H groups in total. The number of carbonyl (C=O) groups excluding carboxylic acids is 1. The Morgan fingerprint density at radius 3 is 2.29 bits per heavy atom. The number of carbonyl (C=O) groups is 1. The number of aryl methyl sites for hydroxylation is 1. The molecule has 0 aliphatic carbocycles. The fourth-order valence-electron chi connectivity index (χ4n) is 2.03. The SMILES string of the molecule is Cc1ccc(CNC(=O)CCNCc2ccccc2)cc1. The quantitative estimate of drug-likeness (QED) is 0.767. The molecule has 0 aromatic heterocycles. The molecule has 0 unspecified atom stereocenters. The van der Waals surface area contributed by atoms with Gasteiger partial charge < -0.3 is 10.6 Å². The maximum atomic E-state index is 11.7. The third-order valence-electron chi connectivity index (χ3n) is 3.31. The summed E-state index contributed by atoms with van der Waals surface area (Å²) >= 11 is 0. The van der Waals surface area contributed by atoms with E-state index in [1.807, 2.05) is 30.3 Å². The highest BCUT2D eigenvalue weighted by Gasteiger charge is 2.01. The summed E-state index contributed by atoms with van der Waals surface area (Å²) in [6.45, 7) is 4.14. The first-order valence-corrected chi connectivity index (χ1v) is 7.31. The van der Waals surface area contributed by atoms with E-state index >= 15 is 0 Å². The van der Waals surface area contributed by atoms with Crippen LogP contribution < -0.4 is 10.6 Å². The van der Waals surface area contributed by atoms with E-state index in [-0.39, 0.29) is 5.91 Å². The number of amides is 1. The van der Waals surface area contributed by atoms with Crippen LogP contribution in [0.15, 0.2) is 54.6 Å². The van der Waals surface area contributed by atoms with Crippen LogP contribution in [0.5, 0.6) is 0 Å². The summed E-state index contributed by atoms with van der Waals surface area (Å²) in [7, 11) is 0. The molecule has 0 spiro atoms. The monoisotopic (exact) mass is 282 g/mol. The molecular weight excluding hydrogens is 260 g/mol. The van der Waals surface area contributed by atoms with E-state index in [1.165, 1.54) is 11.1 Å². The van der Waals surface area contributed by atoms with Crippen molar-refractivity contribution in [2.24, 2.45) is 0 Å². The summed E-state index contributed by atoms with van der Waals surface area (Å²) in [5, 5.41) is 6.22. The standard InChI is InChI=1S/C18H22N2O/c1-15-7-9-17(10-8-15)14-20-18(21)11-12-19-13-16-5-3-2-4-6-16/h2-10,19H,11-14H2,1H3,(H,20,21). The molecule has 0 bridgehead atoms. The third-order valence-corrected chi connectivity index (χ3v) is 3.31. The number of benzene rings is 2. The Kier molecular flexibility index (Phi) is 5.98. The second-order valence-electron chi connectivity index (χ2n) is 5.17. The van der Waals surface area contributed by atoms with Gasteiger partial charge in [0.25, 0.3) is 0 Å². The zero-order chi connectivity index (χ0) is 14.9. The van der Waals surface area contributed by atoms with E-state index < -0.39 is 0 Å². The van der Waals surface area contributed by atoms with Crippen LogP contribution in [0.25, 0.3) is 0 Å². The zero-order valence-electron chi connectivity index (χ0n) is 12.4. The fourth-order valence-corrected chi connectivity index (χ4v) is 2.03. The molecule has 110 valence electrons. The van der Waals surface area contributed by atoms with Crippen molar-refractivity contribution < 1.29 is 4.79 Å². The average molecular weight is 282 g/mol. The second-order valence-corrected chi connectivity index (χ2v) is 5.17. The Balaban J connectivity index is 1.60. The molecule has 0 saturated carbocycles. The van der Waals surface area contributed by atoms with Gasteiger partial charge in [-0.3, -0.25) is 4.79 Å². The van der Waals surface area contributed by atoms with Crippen molar-refractivity contribution in [1.82, 2.24) is 10.6 Å². The highest BCUT2D eigenvalue weighted by molar-refractivity contribution is 5.76. The molecule has 0 aliphatic rings. The van der Waals surface area contributed by atoms with Crippen LogP contribution >= 0.6 is 0 Å². The lowest BCUT2D eigenvalue weighted by Crippen LogP contribution is -2.27.